The molecule has 0 saturated heterocycles. The van der Waals surface area contributed by atoms with Gasteiger partial charge < -0.3 is 9.88 Å². The molecule has 0 aliphatic heterocycles. The lowest BCUT2D eigenvalue weighted by Crippen LogP contribution is -2.26. The Hall–Kier alpha value is -3.46. The van der Waals surface area contributed by atoms with Crippen LogP contribution in [0.3, 0.4) is 0 Å². The van der Waals surface area contributed by atoms with Gasteiger partial charge in [-0.15, -0.1) is 5.10 Å². The van der Waals surface area contributed by atoms with E-state index >= 15 is 0 Å². The molecule has 0 aliphatic carbocycles. The number of nitrogens with zero attached hydrogens (tertiary/aromatic N) is 5. The van der Waals surface area contributed by atoms with E-state index in [0.717, 1.165) is 10.1 Å². The third-order valence-electron chi connectivity index (χ3n) is 4.30. The van der Waals surface area contributed by atoms with Gasteiger partial charge in [-0.3, -0.25) is 9.59 Å². The zero-order valence-electron chi connectivity index (χ0n) is 15.6. The molecule has 0 bridgehead atoms. The number of nitrogens with one attached hydrogen (secondary N) is 1. The van der Waals surface area contributed by atoms with E-state index < -0.39 is 0 Å². The minimum absolute atomic E-state index is 0.122. The first kappa shape index (κ1) is 18.9. The van der Waals surface area contributed by atoms with Crippen LogP contribution in [0.15, 0.2) is 75.8 Å². The number of hydrogen-bond acceptors (Lipinski definition) is 6. The molecule has 0 radical (unpaired) electrons. The van der Waals surface area contributed by atoms with Crippen LogP contribution in [0.4, 0.5) is 5.69 Å². The van der Waals surface area contributed by atoms with E-state index in [0.29, 0.717) is 16.6 Å². The van der Waals surface area contributed by atoms with E-state index in [1.807, 2.05) is 42.1 Å². The second-order valence-electron chi connectivity index (χ2n) is 6.38. The summed E-state index contributed by atoms with van der Waals surface area (Å²) in [6, 6.07) is 14.5. The summed E-state index contributed by atoms with van der Waals surface area (Å²) >= 11 is 1.54. The summed E-state index contributed by atoms with van der Waals surface area (Å²) in [4.78, 5) is 30.0. The Labute approximate surface area is 170 Å². The molecule has 9 heteroatoms. The Balaban J connectivity index is 1.36. The summed E-state index contributed by atoms with van der Waals surface area (Å²) in [5.74, 6) is -0.198. The van der Waals surface area contributed by atoms with Gasteiger partial charge in [0, 0.05) is 36.4 Å². The molecule has 2 heterocycles. The standard InChI is InChI=1S/C20H18N6O2S/c1-25-13-11-21-20(25)29-15-8-6-14(7-9-15)22-18(27)10-12-26-19(28)16-4-2-3-5-17(16)23-24-26/h2-9,11,13H,10,12H2,1H3,(H,22,27). The minimum Gasteiger partial charge on any atom is -0.329 e. The van der Waals surface area contributed by atoms with Crippen LogP contribution in [0.5, 0.6) is 0 Å². The van der Waals surface area contributed by atoms with Crippen molar-refractivity contribution in [3.05, 3.63) is 71.3 Å². The van der Waals surface area contributed by atoms with Gasteiger partial charge in [-0.1, -0.05) is 29.1 Å². The van der Waals surface area contributed by atoms with Crippen LogP contribution in [0, 0.1) is 0 Å². The quantitative estimate of drug-likeness (QED) is 0.529. The Morgan fingerprint density at radius 2 is 1.93 bits per heavy atom. The lowest BCUT2D eigenvalue weighted by molar-refractivity contribution is -0.116. The molecule has 0 saturated carbocycles. The van der Waals surface area contributed by atoms with E-state index in [4.69, 9.17) is 0 Å². The average Bonchev–Trinajstić information content (AvgIpc) is 3.13. The maximum absolute atomic E-state index is 12.4. The second kappa shape index (κ2) is 8.27. The fraction of sp³-hybridized carbons (Fsp3) is 0.150. The van der Waals surface area contributed by atoms with Gasteiger partial charge in [-0.2, -0.15) is 0 Å². The summed E-state index contributed by atoms with van der Waals surface area (Å²) < 4.78 is 3.16. The smallest absolute Gasteiger partial charge is 0.277 e. The molecule has 0 aliphatic rings. The second-order valence-corrected chi connectivity index (χ2v) is 7.42. The van der Waals surface area contributed by atoms with Crippen LogP contribution in [0.25, 0.3) is 10.9 Å². The van der Waals surface area contributed by atoms with Gasteiger partial charge in [-0.25, -0.2) is 9.67 Å². The highest BCUT2D eigenvalue weighted by Gasteiger charge is 2.09. The first-order valence-electron chi connectivity index (χ1n) is 8.98. The summed E-state index contributed by atoms with van der Waals surface area (Å²) in [7, 11) is 1.94. The molecule has 0 fully saturated rings. The normalized spacial score (nSPS) is 10.9. The maximum atomic E-state index is 12.4. The molecule has 29 heavy (non-hydrogen) atoms. The molecule has 0 spiro atoms. The molecular weight excluding hydrogens is 388 g/mol. The monoisotopic (exact) mass is 406 g/mol. The predicted molar refractivity (Wildman–Crippen MR) is 111 cm³/mol. The van der Waals surface area contributed by atoms with Crippen molar-refractivity contribution in [1.82, 2.24) is 24.5 Å². The van der Waals surface area contributed by atoms with Gasteiger partial charge in [0.05, 0.1) is 11.9 Å². The molecule has 146 valence electrons. The van der Waals surface area contributed by atoms with Crippen molar-refractivity contribution in [2.75, 3.05) is 5.32 Å². The van der Waals surface area contributed by atoms with Crippen LogP contribution in [-0.4, -0.2) is 30.5 Å². The number of aromatic nitrogens is 5. The van der Waals surface area contributed by atoms with Crippen molar-refractivity contribution in [3.63, 3.8) is 0 Å². The fourth-order valence-electron chi connectivity index (χ4n) is 2.76. The number of benzene rings is 2. The SMILES string of the molecule is Cn1ccnc1Sc1ccc(NC(=O)CCn2nnc3ccccc3c2=O)cc1. The molecule has 4 rings (SSSR count). The number of fused-ring (bicyclic) bond motifs is 1. The van der Waals surface area contributed by atoms with Gasteiger partial charge in [0.2, 0.25) is 5.91 Å². The van der Waals surface area contributed by atoms with Crippen LogP contribution in [0.2, 0.25) is 0 Å². The van der Waals surface area contributed by atoms with Gasteiger partial charge >= 0.3 is 0 Å². The molecule has 1 N–H and O–H groups in total. The molecule has 8 nitrogen and oxygen atoms in total. The van der Waals surface area contributed by atoms with Crippen LogP contribution < -0.4 is 10.9 Å². The van der Waals surface area contributed by atoms with Crippen molar-refractivity contribution in [1.29, 1.82) is 0 Å². The van der Waals surface area contributed by atoms with E-state index in [1.165, 1.54) is 4.68 Å². The number of anilines is 1. The molecule has 4 aromatic rings. The summed E-state index contributed by atoms with van der Waals surface area (Å²) in [5.41, 5.74) is 0.983. The number of carbonyl (C=O) groups excluding carboxylic acids is 1. The van der Waals surface area contributed by atoms with Crippen molar-refractivity contribution < 1.29 is 4.79 Å². The Bertz CT molecular complexity index is 1220. The highest BCUT2D eigenvalue weighted by atomic mass is 32.2. The largest absolute Gasteiger partial charge is 0.329 e. The Morgan fingerprint density at radius 1 is 1.14 bits per heavy atom. The highest BCUT2D eigenvalue weighted by molar-refractivity contribution is 7.99. The predicted octanol–water partition coefficient (Wildman–Crippen LogP) is 2.71. The van der Waals surface area contributed by atoms with Gasteiger partial charge in [0.25, 0.3) is 5.56 Å². The first-order valence-corrected chi connectivity index (χ1v) is 9.79. The first-order chi connectivity index (χ1) is 14.1. The summed E-state index contributed by atoms with van der Waals surface area (Å²) in [6.45, 7) is 0.162. The zero-order valence-corrected chi connectivity index (χ0v) is 16.5. The van der Waals surface area contributed by atoms with Crippen molar-refractivity contribution in [2.24, 2.45) is 7.05 Å². The van der Waals surface area contributed by atoms with Crippen LogP contribution in [0.1, 0.15) is 6.42 Å². The van der Waals surface area contributed by atoms with Gasteiger partial charge in [0.15, 0.2) is 5.16 Å². The number of carbonyl (C=O) groups is 1. The number of hydrogen-bond donors (Lipinski definition) is 1. The number of rotatable bonds is 6. The van der Waals surface area contributed by atoms with E-state index in [2.05, 4.69) is 20.6 Å². The third kappa shape index (κ3) is 4.35. The average molecular weight is 406 g/mol. The Morgan fingerprint density at radius 3 is 2.69 bits per heavy atom. The molecule has 2 aromatic carbocycles. The molecule has 0 unspecified atom stereocenters. The zero-order chi connectivity index (χ0) is 20.2. The number of amides is 1. The number of imidazole rings is 1. The fourth-order valence-corrected chi connectivity index (χ4v) is 3.56. The van der Waals surface area contributed by atoms with Gasteiger partial charge in [0.1, 0.15) is 5.52 Å². The molecular formula is C20H18N6O2S. The molecule has 0 atom stereocenters. The van der Waals surface area contributed by atoms with E-state index in [1.54, 1.807) is 42.2 Å². The van der Waals surface area contributed by atoms with Crippen molar-refractivity contribution in [3.8, 4) is 0 Å². The van der Waals surface area contributed by atoms with E-state index in [9.17, 15) is 9.59 Å². The third-order valence-corrected chi connectivity index (χ3v) is 5.39. The van der Waals surface area contributed by atoms with Crippen LogP contribution >= 0.6 is 11.8 Å². The van der Waals surface area contributed by atoms with Gasteiger partial charge in [-0.05, 0) is 36.4 Å². The van der Waals surface area contributed by atoms with Crippen molar-refractivity contribution in [2.45, 2.75) is 23.0 Å². The highest BCUT2D eigenvalue weighted by Crippen LogP contribution is 2.26. The summed E-state index contributed by atoms with van der Waals surface area (Å²) in [6.07, 6.45) is 3.76. The summed E-state index contributed by atoms with van der Waals surface area (Å²) in [5, 5.41) is 12.1. The topological polar surface area (TPSA) is 94.7 Å². The van der Waals surface area contributed by atoms with Crippen LogP contribution in [-0.2, 0) is 18.4 Å². The maximum Gasteiger partial charge on any atom is 0.277 e. The molecule has 1 amide bonds. The Kier molecular flexibility index (Phi) is 5.39. The number of aryl methyl sites for hydroxylation is 2. The lowest BCUT2D eigenvalue weighted by atomic mass is 10.2. The van der Waals surface area contributed by atoms with E-state index in [-0.39, 0.29) is 24.4 Å². The lowest BCUT2D eigenvalue weighted by Gasteiger charge is -2.07. The minimum atomic E-state index is -0.251. The van der Waals surface area contributed by atoms with Crippen molar-refractivity contribution >= 4 is 34.3 Å². The molecule has 2 aromatic heterocycles.